The number of unbranched alkanes of at least 4 members (excludes halogenated alkanes) is 2. The number of esters is 1. The Kier molecular flexibility index (Phi) is 11.2. The fourth-order valence-electron chi connectivity index (χ4n) is 4.64. The van der Waals surface area contributed by atoms with Crippen molar-refractivity contribution in [3.05, 3.63) is 35.2 Å². The lowest BCUT2D eigenvalue weighted by Crippen LogP contribution is -2.35. The highest BCUT2D eigenvalue weighted by atomic mass is 16.5. The minimum Gasteiger partial charge on any atom is -0.493 e. The van der Waals surface area contributed by atoms with Gasteiger partial charge in [-0.25, -0.2) is 4.79 Å². The first-order chi connectivity index (χ1) is 20.0. The van der Waals surface area contributed by atoms with Crippen LogP contribution in [0.25, 0.3) is 22.6 Å². The summed E-state index contributed by atoms with van der Waals surface area (Å²) >= 11 is 0. The molecule has 1 fully saturated rings. The van der Waals surface area contributed by atoms with Crippen molar-refractivity contribution >= 4 is 5.97 Å². The molecule has 0 atom stereocenters. The Morgan fingerprint density at radius 1 is 0.951 bits per heavy atom. The molecule has 1 saturated heterocycles. The molecule has 1 aliphatic rings. The molecule has 0 saturated carbocycles. The zero-order valence-corrected chi connectivity index (χ0v) is 25.0. The van der Waals surface area contributed by atoms with Crippen LogP contribution in [0.2, 0.25) is 0 Å². The van der Waals surface area contributed by atoms with Crippen LogP contribution in [-0.2, 0) is 16.0 Å². The van der Waals surface area contributed by atoms with Gasteiger partial charge in [-0.3, -0.25) is 4.90 Å². The topological polar surface area (TPSA) is 109 Å². The molecule has 3 aromatic rings. The van der Waals surface area contributed by atoms with Crippen LogP contribution in [0.1, 0.15) is 88.0 Å². The first-order valence-corrected chi connectivity index (χ1v) is 14.8. The van der Waals surface area contributed by atoms with Crippen LogP contribution < -0.4 is 9.47 Å². The van der Waals surface area contributed by atoms with Crippen LogP contribution in [0, 0.1) is 0 Å². The van der Waals surface area contributed by atoms with Crippen molar-refractivity contribution in [3.63, 3.8) is 0 Å². The van der Waals surface area contributed by atoms with E-state index in [4.69, 9.17) is 28.0 Å². The number of ether oxygens (including phenoxy) is 4. The summed E-state index contributed by atoms with van der Waals surface area (Å²) in [5.74, 6) is 1.67. The summed E-state index contributed by atoms with van der Waals surface area (Å²) in [4.78, 5) is 15.2. The standard InChI is InChI=1S/C31H43N3O7/c1-6-9-13-38-25-19-26(39-14-10-7-2)24(18-23(25)21(4)5)30-28(29(33-41-30)31(35)37-8-3)27-17-22(32-40-27)20-34-11-15-36-16-12-34/h17-19,21H,6-16,20H2,1-5H3. The zero-order chi connectivity index (χ0) is 29.2. The van der Waals surface area contributed by atoms with Crippen molar-refractivity contribution in [2.75, 3.05) is 46.1 Å². The van der Waals surface area contributed by atoms with Gasteiger partial charge in [0, 0.05) is 31.8 Å². The molecule has 1 aromatic carbocycles. The molecule has 41 heavy (non-hydrogen) atoms. The average Bonchev–Trinajstić information content (AvgIpc) is 3.61. The van der Waals surface area contributed by atoms with E-state index in [0.29, 0.717) is 61.4 Å². The number of hydrogen-bond donors (Lipinski definition) is 0. The second-order valence-electron chi connectivity index (χ2n) is 10.5. The molecule has 3 heterocycles. The number of benzene rings is 1. The second kappa shape index (κ2) is 15.0. The number of carbonyl (C=O) groups is 1. The Morgan fingerprint density at radius 2 is 1.66 bits per heavy atom. The summed E-state index contributed by atoms with van der Waals surface area (Å²) < 4.78 is 35.0. The Balaban J connectivity index is 1.81. The maximum absolute atomic E-state index is 13.0. The van der Waals surface area contributed by atoms with Gasteiger partial charge in [0.25, 0.3) is 0 Å². The van der Waals surface area contributed by atoms with E-state index in [1.54, 1.807) is 6.92 Å². The second-order valence-corrected chi connectivity index (χ2v) is 10.5. The molecule has 0 radical (unpaired) electrons. The number of carbonyl (C=O) groups excluding carboxylic acids is 1. The van der Waals surface area contributed by atoms with Crippen molar-refractivity contribution in [2.24, 2.45) is 0 Å². The Labute approximate surface area is 242 Å². The van der Waals surface area contributed by atoms with Crippen LogP contribution in [0.15, 0.2) is 27.2 Å². The van der Waals surface area contributed by atoms with Gasteiger partial charge in [0.1, 0.15) is 17.1 Å². The monoisotopic (exact) mass is 569 g/mol. The highest BCUT2D eigenvalue weighted by Gasteiger charge is 2.31. The van der Waals surface area contributed by atoms with Crippen LogP contribution in [-0.4, -0.2) is 67.3 Å². The molecule has 224 valence electrons. The average molecular weight is 570 g/mol. The molecule has 0 amide bonds. The van der Waals surface area contributed by atoms with Gasteiger partial charge in [0.2, 0.25) is 5.69 Å². The third-order valence-electron chi connectivity index (χ3n) is 6.95. The molecular weight excluding hydrogens is 526 g/mol. The first-order valence-electron chi connectivity index (χ1n) is 14.8. The van der Waals surface area contributed by atoms with E-state index in [1.807, 2.05) is 18.2 Å². The lowest BCUT2D eigenvalue weighted by molar-refractivity contribution is 0.0332. The largest absolute Gasteiger partial charge is 0.493 e. The molecule has 10 heteroatoms. The zero-order valence-electron chi connectivity index (χ0n) is 25.0. The number of morpholine rings is 1. The Hall–Kier alpha value is -3.37. The fraction of sp³-hybridized carbons (Fsp3) is 0.581. The molecular formula is C31H43N3O7. The van der Waals surface area contributed by atoms with E-state index in [-0.39, 0.29) is 18.2 Å². The first kappa shape index (κ1) is 30.6. The highest BCUT2D eigenvalue weighted by molar-refractivity contribution is 5.99. The van der Waals surface area contributed by atoms with Gasteiger partial charge in [-0.2, -0.15) is 0 Å². The number of aromatic nitrogens is 2. The van der Waals surface area contributed by atoms with Gasteiger partial charge in [0.05, 0.1) is 44.3 Å². The number of nitrogens with zero attached hydrogens (tertiary/aromatic N) is 3. The van der Waals surface area contributed by atoms with E-state index in [9.17, 15) is 4.79 Å². The van der Waals surface area contributed by atoms with Crippen LogP contribution in [0.5, 0.6) is 11.5 Å². The molecule has 0 bridgehead atoms. The van der Waals surface area contributed by atoms with Gasteiger partial charge >= 0.3 is 5.97 Å². The summed E-state index contributed by atoms with van der Waals surface area (Å²) in [6.07, 6.45) is 3.88. The van der Waals surface area contributed by atoms with Gasteiger partial charge in [-0.1, -0.05) is 50.8 Å². The lowest BCUT2D eigenvalue weighted by Gasteiger charge is -2.25. The number of hydrogen-bond acceptors (Lipinski definition) is 10. The van der Waals surface area contributed by atoms with Crippen molar-refractivity contribution < 1.29 is 32.8 Å². The molecule has 0 aliphatic carbocycles. The fourth-order valence-corrected chi connectivity index (χ4v) is 4.64. The van der Waals surface area contributed by atoms with Gasteiger partial charge in [-0.05, 0) is 37.3 Å². The maximum atomic E-state index is 13.0. The quantitative estimate of drug-likeness (QED) is 0.149. The predicted octanol–water partition coefficient (Wildman–Crippen LogP) is 6.49. The molecule has 0 spiro atoms. The Morgan fingerprint density at radius 3 is 2.32 bits per heavy atom. The summed E-state index contributed by atoms with van der Waals surface area (Å²) in [6, 6.07) is 5.77. The van der Waals surface area contributed by atoms with Crippen LogP contribution in [0.3, 0.4) is 0 Å². The normalized spacial score (nSPS) is 14.0. The Bertz CT molecular complexity index is 1260. The summed E-state index contributed by atoms with van der Waals surface area (Å²) in [5.41, 5.74) is 2.83. The van der Waals surface area contributed by atoms with Crippen molar-refractivity contribution in [2.45, 2.75) is 72.8 Å². The smallest absolute Gasteiger partial charge is 0.361 e. The molecule has 10 nitrogen and oxygen atoms in total. The SMILES string of the molecule is CCCCOc1cc(OCCCC)c(C(C)C)cc1-c1onc(C(=O)OCC)c1-c1cc(CN2CCOCC2)no1. The minimum atomic E-state index is -0.597. The molecule has 0 N–H and O–H groups in total. The number of rotatable bonds is 15. The summed E-state index contributed by atoms with van der Waals surface area (Å²) in [5, 5.41) is 8.46. The summed E-state index contributed by atoms with van der Waals surface area (Å²) in [7, 11) is 0. The van der Waals surface area contributed by atoms with E-state index in [1.165, 1.54) is 0 Å². The van der Waals surface area contributed by atoms with Gasteiger partial charge in [0.15, 0.2) is 11.5 Å². The molecule has 4 rings (SSSR count). The predicted molar refractivity (Wildman–Crippen MR) is 154 cm³/mol. The molecule has 1 aliphatic heterocycles. The van der Waals surface area contributed by atoms with E-state index in [0.717, 1.165) is 55.8 Å². The molecule has 0 unspecified atom stereocenters. The van der Waals surface area contributed by atoms with Gasteiger partial charge < -0.3 is 28.0 Å². The van der Waals surface area contributed by atoms with Crippen molar-refractivity contribution in [3.8, 4) is 34.1 Å². The lowest BCUT2D eigenvalue weighted by atomic mass is 9.95. The third kappa shape index (κ3) is 7.68. The van der Waals surface area contributed by atoms with Crippen molar-refractivity contribution in [1.29, 1.82) is 0 Å². The summed E-state index contributed by atoms with van der Waals surface area (Å²) in [6.45, 7) is 15.2. The minimum absolute atomic E-state index is 0.0322. The van der Waals surface area contributed by atoms with Gasteiger partial charge in [-0.15, -0.1) is 0 Å². The maximum Gasteiger partial charge on any atom is 0.361 e. The van der Waals surface area contributed by atoms with E-state index >= 15 is 0 Å². The molecule has 2 aromatic heterocycles. The van der Waals surface area contributed by atoms with E-state index in [2.05, 4.69) is 42.9 Å². The van der Waals surface area contributed by atoms with Crippen molar-refractivity contribution in [1.82, 2.24) is 15.2 Å². The third-order valence-corrected chi connectivity index (χ3v) is 6.95. The van der Waals surface area contributed by atoms with Crippen LogP contribution in [0.4, 0.5) is 0 Å². The highest BCUT2D eigenvalue weighted by Crippen LogP contribution is 2.44. The van der Waals surface area contributed by atoms with Crippen LogP contribution >= 0.6 is 0 Å². The van der Waals surface area contributed by atoms with E-state index < -0.39 is 5.97 Å².